The number of rotatable bonds is 4. The summed E-state index contributed by atoms with van der Waals surface area (Å²) in [5, 5.41) is 3.35. The summed E-state index contributed by atoms with van der Waals surface area (Å²) in [4.78, 5) is 10.7. The van der Waals surface area contributed by atoms with E-state index in [2.05, 4.69) is 41.5 Å². The highest BCUT2D eigenvalue weighted by Gasteiger charge is 2.17. The summed E-state index contributed by atoms with van der Waals surface area (Å²) < 4.78 is 0. The van der Waals surface area contributed by atoms with Crippen molar-refractivity contribution in [2.24, 2.45) is 0 Å². The van der Waals surface area contributed by atoms with Crippen molar-refractivity contribution in [3.63, 3.8) is 0 Å². The summed E-state index contributed by atoms with van der Waals surface area (Å²) in [6, 6.07) is 10.4. The minimum absolute atomic E-state index is 0.838. The Labute approximate surface area is 117 Å². The minimum atomic E-state index is 0.838. The van der Waals surface area contributed by atoms with Crippen molar-refractivity contribution in [1.29, 1.82) is 0 Å². The van der Waals surface area contributed by atoms with Crippen LogP contribution < -0.4 is 5.32 Å². The molecule has 0 aliphatic carbocycles. The minimum Gasteiger partial charge on any atom is -0.307 e. The van der Waals surface area contributed by atoms with Crippen LogP contribution in [0.15, 0.2) is 35.2 Å². The van der Waals surface area contributed by atoms with Gasteiger partial charge in [-0.3, -0.25) is 0 Å². The quantitative estimate of drug-likeness (QED) is 0.868. The topological polar surface area (TPSA) is 37.8 Å². The SMILES string of the molecule is CCc1nc(CSc2ccccc2)nc2c1CNC2. The van der Waals surface area contributed by atoms with Crippen LogP contribution in [0.25, 0.3) is 0 Å². The van der Waals surface area contributed by atoms with Gasteiger partial charge in [-0.15, -0.1) is 11.8 Å². The molecule has 0 spiro atoms. The van der Waals surface area contributed by atoms with Gasteiger partial charge >= 0.3 is 0 Å². The monoisotopic (exact) mass is 271 g/mol. The Morgan fingerprint density at radius 2 is 2.00 bits per heavy atom. The highest BCUT2D eigenvalue weighted by Crippen LogP contribution is 2.23. The number of nitrogens with one attached hydrogen (secondary N) is 1. The lowest BCUT2D eigenvalue weighted by Gasteiger charge is -2.08. The predicted molar refractivity (Wildman–Crippen MR) is 78.0 cm³/mol. The average molecular weight is 271 g/mol. The summed E-state index contributed by atoms with van der Waals surface area (Å²) in [5.74, 6) is 1.79. The first-order valence-electron chi connectivity index (χ1n) is 6.63. The van der Waals surface area contributed by atoms with Crippen molar-refractivity contribution < 1.29 is 0 Å². The van der Waals surface area contributed by atoms with Gasteiger partial charge in [-0.05, 0) is 18.6 Å². The fourth-order valence-corrected chi connectivity index (χ4v) is 3.09. The van der Waals surface area contributed by atoms with Gasteiger partial charge in [0.25, 0.3) is 0 Å². The third-order valence-electron chi connectivity index (χ3n) is 3.26. The van der Waals surface area contributed by atoms with E-state index in [0.29, 0.717) is 0 Å². The third kappa shape index (κ3) is 2.80. The van der Waals surface area contributed by atoms with Crippen LogP contribution >= 0.6 is 11.8 Å². The molecular weight excluding hydrogens is 254 g/mol. The molecule has 3 nitrogen and oxygen atoms in total. The summed E-state index contributed by atoms with van der Waals surface area (Å²) in [7, 11) is 0. The van der Waals surface area contributed by atoms with E-state index < -0.39 is 0 Å². The number of nitrogens with zero attached hydrogens (tertiary/aromatic N) is 2. The molecule has 2 aromatic rings. The van der Waals surface area contributed by atoms with Crippen molar-refractivity contribution in [2.45, 2.75) is 37.1 Å². The van der Waals surface area contributed by atoms with Crippen molar-refractivity contribution in [3.05, 3.63) is 53.1 Å². The first-order valence-corrected chi connectivity index (χ1v) is 7.61. The van der Waals surface area contributed by atoms with Gasteiger partial charge in [0.05, 0.1) is 11.4 Å². The van der Waals surface area contributed by atoms with E-state index in [9.17, 15) is 0 Å². The van der Waals surface area contributed by atoms with Gasteiger partial charge in [-0.2, -0.15) is 0 Å². The zero-order chi connectivity index (χ0) is 13.1. The molecule has 2 heterocycles. The van der Waals surface area contributed by atoms with Crippen LogP contribution in [0, 0.1) is 0 Å². The molecule has 1 aliphatic rings. The second kappa shape index (κ2) is 5.72. The zero-order valence-corrected chi connectivity index (χ0v) is 11.8. The fourth-order valence-electron chi connectivity index (χ4n) is 2.32. The molecule has 0 saturated carbocycles. The first kappa shape index (κ1) is 12.6. The highest BCUT2D eigenvalue weighted by atomic mass is 32.2. The van der Waals surface area contributed by atoms with Crippen molar-refractivity contribution in [3.8, 4) is 0 Å². The molecule has 0 atom stereocenters. The van der Waals surface area contributed by atoms with Crippen LogP contribution in [0.5, 0.6) is 0 Å². The number of aryl methyl sites for hydroxylation is 1. The second-order valence-electron chi connectivity index (χ2n) is 4.57. The largest absolute Gasteiger partial charge is 0.307 e. The van der Waals surface area contributed by atoms with Gasteiger partial charge in [0.2, 0.25) is 0 Å². The Morgan fingerprint density at radius 1 is 1.16 bits per heavy atom. The molecule has 0 radical (unpaired) electrons. The van der Waals surface area contributed by atoms with E-state index in [1.54, 1.807) is 11.8 Å². The second-order valence-corrected chi connectivity index (χ2v) is 5.62. The Kier molecular flexibility index (Phi) is 3.80. The van der Waals surface area contributed by atoms with Gasteiger partial charge < -0.3 is 5.32 Å². The molecule has 98 valence electrons. The molecule has 3 rings (SSSR count). The molecular formula is C15H17N3S. The van der Waals surface area contributed by atoms with Crippen molar-refractivity contribution in [2.75, 3.05) is 0 Å². The molecule has 1 aromatic carbocycles. The lowest BCUT2D eigenvalue weighted by atomic mass is 10.1. The molecule has 4 heteroatoms. The number of benzene rings is 1. The molecule has 0 saturated heterocycles. The third-order valence-corrected chi connectivity index (χ3v) is 4.27. The number of aromatic nitrogens is 2. The maximum Gasteiger partial charge on any atom is 0.139 e. The van der Waals surface area contributed by atoms with E-state index in [4.69, 9.17) is 4.98 Å². The molecule has 1 N–H and O–H groups in total. The molecule has 1 aliphatic heterocycles. The van der Waals surface area contributed by atoms with E-state index in [1.165, 1.54) is 21.8 Å². The first-order chi connectivity index (χ1) is 9.36. The maximum absolute atomic E-state index is 4.71. The normalized spacial score (nSPS) is 13.5. The molecule has 0 bridgehead atoms. The highest BCUT2D eigenvalue weighted by molar-refractivity contribution is 7.98. The van der Waals surface area contributed by atoms with Gasteiger partial charge in [0.15, 0.2) is 0 Å². The summed E-state index contributed by atoms with van der Waals surface area (Å²) >= 11 is 1.79. The van der Waals surface area contributed by atoms with Crippen LogP contribution in [0.2, 0.25) is 0 Å². The van der Waals surface area contributed by atoms with Gasteiger partial charge in [0, 0.05) is 29.2 Å². The zero-order valence-electron chi connectivity index (χ0n) is 11.0. The van der Waals surface area contributed by atoms with E-state index in [1.807, 2.05) is 6.07 Å². The Balaban J connectivity index is 1.78. The average Bonchev–Trinajstić information content (AvgIpc) is 2.93. The smallest absolute Gasteiger partial charge is 0.139 e. The van der Waals surface area contributed by atoms with E-state index in [-0.39, 0.29) is 0 Å². The lowest BCUT2D eigenvalue weighted by molar-refractivity contribution is 0.755. The Morgan fingerprint density at radius 3 is 2.79 bits per heavy atom. The number of thioether (sulfide) groups is 1. The van der Waals surface area contributed by atoms with Gasteiger partial charge in [0.1, 0.15) is 5.82 Å². The van der Waals surface area contributed by atoms with Crippen LogP contribution in [0.3, 0.4) is 0 Å². The lowest BCUT2D eigenvalue weighted by Crippen LogP contribution is -2.04. The van der Waals surface area contributed by atoms with Gasteiger partial charge in [-0.25, -0.2) is 9.97 Å². The summed E-state index contributed by atoms with van der Waals surface area (Å²) in [6.45, 7) is 3.97. The van der Waals surface area contributed by atoms with Crippen LogP contribution in [-0.2, 0) is 25.3 Å². The fraction of sp³-hybridized carbons (Fsp3) is 0.333. The Hall–Kier alpha value is -1.39. The predicted octanol–water partition coefficient (Wildman–Crippen LogP) is 2.93. The number of hydrogen-bond donors (Lipinski definition) is 1. The molecule has 0 fully saturated rings. The van der Waals surface area contributed by atoms with Crippen LogP contribution in [0.1, 0.15) is 29.7 Å². The standard InChI is InChI=1S/C15H17N3S/c1-2-13-12-8-16-9-14(12)18-15(17-13)10-19-11-6-4-3-5-7-11/h3-7,16H,2,8-10H2,1H3. The van der Waals surface area contributed by atoms with Gasteiger partial charge in [-0.1, -0.05) is 25.1 Å². The Bertz CT molecular complexity index is 569. The van der Waals surface area contributed by atoms with E-state index >= 15 is 0 Å². The van der Waals surface area contributed by atoms with Crippen LogP contribution in [-0.4, -0.2) is 9.97 Å². The van der Waals surface area contributed by atoms with Crippen molar-refractivity contribution in [1.82, 2.24) is 15.3 Å². The molecule has 1 aromatic heterocycles. The summed E-state index contributed by atoms with van der Waals surface area (Å²) in [5.41, 5.74) is 3.71. The van der Waals surface area contributed by atoms with Crippen LogP contribution in [0.4, 0.5) is 0 Å². The number of hydrogen-bond acceptors (Lipinski definition) is 4. The number of fused-ring (bicyclic) bond motifs is 1. The molecule has 19 heavy (non-hydrogen) atoms. The molecule has 0 unspecified atom stereocenters. The maximum atomic E-state index is 4.71. The molecule has 0 amide bonds. The van der Waals surface area contributed by atoms with E-state index in [0.717, 1.165) is 31.1 Å². The summed E-state index contributed by atoms with van der Waals surface area (Å²) in [6.07, 6.45) is 0.982. The van der Waals surface area contributed by atoms with Crippen molar-refractivity contribution >= 4 is 11.8 Å².